The van der Waals surface area contributed by atoms with Gasteiger partial charge in [-0.3, -0.25) is 9.59 Å². The number of ketones is 2. The van der Waals surface area contributed by atoms with Gasteiger partial charge in [-0.1, -0.05) is 24.3 Å². The number of carbonyl (C=O) groups excluding carboxylic acids is 2. The maximum absolute atomic E-state index is 13.2. The quantitative estimate of drug-likeness (QED) is 0.448. The van der Waals surface area contributed by atoms with Crippen molar-refractivity contribution in [3.63, 3.8) is 0 Å². The van der Waals surface area contributed by atoms with E-state index >= 15 is 0 Å². The molecule has 0 radical (unpaired) electrons. The number of nitrogens with zero attached hydrogens (tertiary/aromatic N) is 1. The molecule has 1 aliphatic rings. The minimum Gasteiger partial charge on any atom is -0.396 e. The predicted octanol–water partition coefficient (Wildman–Crippen LogP) is 1.06. The normalized spacial score (nSPS) is 12.8. The lowest BCUT2D eigenvalue weighted by atomic mass is 9.82. The second kappa shape index (κ2) is 7.40. The Labute approximate surface area is 159 Å². The van der Waals surface area contributed by atoms with Crippen molar-refractivity contribution in [2.75, 3.05) is 57.2 Å². The van der Waals surface area contributed by atoms with Crippen molar-refractivity contribution in [2.45, 2.75) is 6.42 Å². The number of nitrogen functional groups attached to an aromatic ring is 1. The summed E-state index contributed by atoms with van der Waals surface area (Å²) in [6.07, 6.45) is 0.956. The molecule has 2 aromatic carbocycles. The van der Waals surface area contributed by atoms with E-state index in [9.17, 15) is 9.59 Å². The van der Waals surface area contributed by atoms with Crippen LogP contribution >= 0.6 is 0 Å². The van der Waals surface area contributed by atoms with E-state index in [-0.39, 0.29) is 11.6 Å². The van der Waals surface area contributed by atoms with Crippen LogP contribution in [-0.2, 0) is 0 Å². The highest BCUT2D eigenvalue weighted by atomic mass is 16.1. The van der Waals surface area contributed by atoms with Crippen molar-refractivity contribution in [3.05, 3.63) is 52.6 Å². The first kappa shape index (κ1) is 18.9. The standard InChI is InChI=1S/C21H26N4O2/c1-24(2)11-7-10-23-15-12-16(25(3)4)19(22)18-17(15)20(26)13-8-5-6-9-14(13)21(18)27/h5-6,8-9,12,23H,7,10-11,22H2,1-4H3/p+1. The fraction of sp³-hybridized carbons (Fsp3) is 0.333. The Kier molecular flexibility index (Phi) is 5.19. The monoisotopic (exact) mass is 367 g/mol. The van der Waals surface area contributed by atoms with Crippen molar-refractivity contribution in [3.8, 4) is 0 Å². The summed E-state index contributed by atoms with van der Waals surface area (Å²) < 4.78 is 0. The molecular weight excluding hydrogens is 340 g/mol. The van der Waals surface area contributed by atoms with E-state index in [0.29, 0.717) is 33.6 Å². The van der Waals surface area contributed by atoms with Gasteiger partial charge in [-0.2, -0.15) is 0 Å². The van der Waals surface area contributed by atoms with Crippen molar-refractivity contribution in [1.82, 2.24) is 0 Å². The van der Waals surface area contributed by atoms with Crippen LogP contribution < -0.4 is 20.9 Å². The molecule has 0 unspecified atom stereocenters. The van der Waals surface area contributed by atoms with Gasteiger partial charge in [-0.05, 0) is 6.07 Å². The number of nitrogens with one attached hydrogen (secondary N) is 2. The number of hydrogen-bond donors (Lipinski definition) is 3. The molecule has 0 amide bonds. The topological polar surface area (TPSA) is 79.9 Å². The zero-order valence-corrected chi connectivity index (χ0v) is 16.3. The van der Waals surface area contributed by atoms with Crippen LogP contribution in [0, 0.1) is 0 Å². The molecule has 0 spiro atoms. The first-order chi connectivity index (χ1) is 12.8. The molecule has 0 saturated heterocycles. The Morgan fingerprint density at radius 3 is 2.19 bits per heavy atom. The predicted molar refractivity (Wildman–Crippen MR) is 109 cm³/mol. The highest BCUT2D eigenvalue weighted by molar-refractivity contribution is 6.32. The number of benzene rings is 2. The molecule has 3 rings (SSSR count). The third-order valence-corrected chi connectivity index (χ3v) is 4.87. The third kappa shape index (κ3) is 3.40. The second-order valence-electron chi connectivity index (χ2n) is 7.44. The molecule has 0 aliphatic heterocycles. The van der Waals surface area contributed by atoms with Crippen molar-refractivity contribution >= 4 is 28.6 Å². The zero-order chi connectivity index (χ0) is 19.7. The van der Waals surface area contributed by atoms with E-state index in [4.69, 9.17) is 5.73 Å². The number of hydrogen-bond acceptors (Lipinski definition) is 5. The molecule has 1 aliphatic carbocycles. The Balaban J connectivity index is 2.11. The van der Waals surface area contributed by atoms with Gasteiger partial charge >= 0.3 is 0 Å². The first-order valence-corrected chi connectivity index (χ1v) is 9.18. The Morgan fingerprint density at radius 2 is 1.63 bits per heavy atom. The fourth-order valence-corrected chi connectivity index (χ4v) is 3.48. The Bertz CT molecular complexity index is 903. The van der Waals surface area contributed by atoms with Crippen LogP contribution in [-0.4, -0.2) is 52.8 Å². The van der Waals surface area contributed by atoms with Crippen LogP contribution in [0.25, 0.3) is 0 Å². The van der Waals surface area contributed by atoms with Crippen molar-refractivity contribution < 1.29 is 14.5 Å². The Hall–Kier alpha value is -2.86. The van der Waals surface area contributed by atoms with Gasteiger partial charge in [-0.25, -0.2) is 0 Å². The number of nitrogens with two attached hydrogens (primary N) is 1. The minimum atomic E-state index is -0.192. The van der Waals surface area contributed by atoms with Crippen LogP contribution in [0.2, 0.25) is 0 Å². The molecule has 6 nitrogen and oxygen atoms in total. The van der Waals surface area contributed by atoms with Gasteiger partial charge < -0.3 is 20.9 Å². The lowest BCUT2D eigenvalue weighted by Crippen LogP contribution is -3.05. The maximum atomic E-state index is 13.2. The number of rotatable bonds is 6. The molecule has 27 heavy (non-hydrogen) atoms. The van der Waals surface area contributed by atoms with Crippen LogP contribution in [0.4, 0.5) is 17.1 Å². The average molecular weight is 367 g/mol. The molecule has 0 saturated carbocycles. The summed E-state index contributed by atoms with van der Waals surface area (Å²) in [5.74, 6) is -0.347. The molecule has 0 aromatic heterocycles. The lowest BCUT2D eigenvalue weighted by molar-refractivity contribution is -0.858. The van der Waals surface area contributed by atoms with E-state index in [1.807, 2.05) is 25.1 Å². The number of fused-ring (bicyclic) bond motifs is 2. The average Bonchev–Trinajstić information content (AvgIpc) is 2.63. The van der Waals surface area contributed by atoms with Gasteiger partial charge in [0.1, 0.15) is 0 Å². The van der Waals surface area contributed by atoms with Gasteiger partial charge in [0.2, 0.25) is 0 Å². The molecule has 0 fully saturated rings. The van der Waals surface area contributed by atoms with Gasteiger partial charge in [0.25, 0.3) is 0 Å². The lowest BCUT2D eigenvalue weighted by Gasteiger charge is -2.26. The highest BCUT2D eigenvalue weighted by Gasteiger charge is 2.34. The Morgan fingerprint density at radius 1 is 1.04 bits per heavy atom. The zero-order valence-electron chi connectivity index (χ0n) is 16.3. The summed E-state index contributed by atoms with van der Waals surface area (Å²) in [5.41, 5.74) is 9.64. The summed E-state index contributed by atoms with van der Waals surface area (Å²) in [5, 5.41) is 3.36. The summed E-state index contributed by atoms with van der Waals surface area (Å²) >= 11 is 0. The van der Waals surface area contributed by atoms with Crippen molar-refractivity contribution in [1.29, 1.82) is 0 Å². The smallest absolute Gasteiger partial charge is 0.196 e. The number of anilines is 3. The molecule has 0 atom stereocenters. The summed E-state index contributed by atoms with van der Waals surface area (Å²) in [7, 11) is 7.96. The van der Waals surface area contributed by atoms with E-state index < -0.39 is 0 Å². The largest absolute Gasteiger partial charge is 0.396 e. The van der Waals surface area contributed by atoms with E-state index in [0.717, 1.165) is 25.2 Å². The molecule has 6 heteroatoms. The van der Waals surface area contributed by atoms with Crippen LogP contribution in [0.15, 0.2) is 30.3 Å². The maximum Gasteiger partial charge on any atom is 0.196 e. The second-order valence-corrected chi connectivity index (χ2v) is 7.44. The molecule has 4 N–H and O–H groups in total. The number of quaternary nitrogens is 1. The van der Waals surface area contributed by atoms with Gasteiger partial charge in [0.15, 0.2) is 11.6 Å². The van der Waals surface area contributed by atoms with Crippen LogP contribution in [0.5, 0.6) is 0 Å². The van der Waals surface area contributed by atoms with Crippen LogP contribution in [0.1, 0.15) is 38.3 Å². The minimum absolute atomic E-state index is 0.155. The van der Waals surface area contributed by atoms with Gasteiger partial charge in [0, 0.05) is 43.9 Å². The summed E-state index contributed by atoms with van der Waals surface area (Å²) in [4.78, 5) is 29.6. The molecule has 0 heterocycles. The van der Waals surface area contributed by atoms with E-state index in [1.165, 1.54) is 4.90 Å². The van der Waals surface area contributed by atoms with Gasteiger partial charge in [0.05, 0.1) is 43.1 Å². The summed E-state index contributed by atoms with van der Waals surface area (Å²) in [6, 6.07) is 8.81. The van der Waals surface area contributed by atoms with E-state index in [1.54, 1.807) is 24.3 Å². The number of carbonyl (C=O) groups is 2. The third-order valence-electron chi connectivity index (χ3n) is 4.87. The van der Waals surface area contributed by atoms with Crippen molar-refractivity contribution in [2.24, 2.45) is 0 Å². The van der Waals surface area contributed by atoms with E-state index in [2.05, 4.69) is 19.4 Å². The molecule has 142 valence electrons. The van der Waals surface area contributed by atoms with Crippen LogP contribution in [0.3, 0.4) is 0 Å². The highest BCUT2D eigenvalue weighted by Crippen LogP contribution is 2.40. The molecular formula is C21H27N4O2+. The molecule has 2 aromatic rings. The summed E-state index contributed by atoms with van der Waals surface area (Å²) in [6.45, 7) is 1.73. The van der Waals surface area contributed by atoms with Gasteiger partial charge in [-0.15, -0.1) is 0 Å². The SMILES string of the molecule is CN(C)c1cc(NCCC[NH+](C)C)c2c(c1N)C(=O)c1ccccc1C2=O. The fourth-order valence-electron chi connectivity index (χ4n) is 3.48. The first-order valence-electron chi connectivity index (χ1n) is 9.18. The molecule has 0 bridgehead atoms.